The van der Waals surface area contributed by atoms with E-state index in [-0.39, 0.29) is 0 Å². The van der Waals surface area contributed by atoms with E-state index < -0.39 is 45.4 Å². The molecular formula is C12H11BrF2O7S. The van der Waals surface area contributed by atoms with Gasteiger partial charge >= 0.3 is 27.3 Å². The molecule has 0 radical (unpaired) electrons. The summed E-state index contributed by atoms with van der Waals surface area (Å²) in [5, 5.41) is -5.08. The minimum absolute atomic E-state index is 0.568. The topological polar surface area (TPSA) is 107 Å². The fourth-order valence-electron chi connectivity index (χ4n) is 1.30. The van der Waals surface area contributed by atoms with Gasteiger partial charge in [-0.15, -0.1) is 0 Å². The number of ether oxygens (including phenoxy) is 2. The van der Waals surface area contributed by atoms with Gasteiger partial charge in [-0.25, -0.2) is 4.79 Å². The summed E-state index contributed by atoms with van der Waals surface area (Å²) in [6, 6.07) is 8.41. The Labute approximate surface area is 138 Å². The first-order valence-electron chi connectivity index (χ1n) is 5.95. The van der Waals surface area contributed by atoms with Gasteiger partial charge in [0.2, 0.25) is 0 Å². The van der Waals surface area contributed by atoms with E-state index in [4.69, 9.17) is 4.55 Å². The zero-order valence-electron chi connectivity index (χ0n) is 11.3. The van der Waals surface area contributed by atoms with Gasteiger partial charge in [-0.05, 0) is 5.56 Å². The fourth-order valence-corrected chi connectivity index (χ4v) is 2.00. The predicted molar refractivity (Wildman–Crippen MR) is 76.5 cm³/mol. The van der Waals surface area contributed by atoms with E-state index in [0.29, 0.717) is 5.56 Å². The second kappa shape index (κ2) is 7.79. The molecule has 0 aliphatic heterocycles. The maximum absolute atomic E-state index is 12.8. The van der Waals surface area contributed by atoms with Crippen molar-refractivity contribution in [3.05, 3.63) is 35.9 Å². The summed E-state index contributed by atoms with van der Waals surface area (Å²) < 4.78 is 63.1. The van der Waals surface area contributed by atoms with E-state index in [2.05, 4.69) is 25.4 Å². The monoisotopic (exact) mass is 416 g/mol. The van der Waals surface area contributed by atoms with E-state index in [1.807, 2.05) is 0 Å². The van der Waals surface area contributed by atoms with Crippen molar-refractivity contribution in [1.29, 1.82) is 0 Å². The molecule has 0 aromatic heterocycles. The maximum Gasteiger partial charge on any atom is 0.465 e. The Morgan fingerprint density at radius 3 is 2.22 bits per heavy atom. The van der Waals surface area contributed by atoms with Crippen LogP contribution in [-0.2, 0) is 29.2 Å². The Morgan fingerprint density at radius 2 is 1.70 bits per heavy atom. The Balaban J connectivity index is 2.43. The van der Waals surface area contributed by atoms with Crippen molar-refractivity contribution in [2.24, 2.45) is 0 Å². The number of carbonyl (C=O) groups excluding carboxylic acids is 2. The molecule has 0 saturated heterocycles. The molecule has 0 aliphatic rings. The van der Waals surface area contributed by atoms with Crippen LogP contribution >= 0.6 is 15.9 Å². The first-order valence-corrected chi connectivity index (χ1v) is 8.30. The maximum atomic E-state index is 12.8. The fraction of sp³-hybridized carbons (Fsp3) is 0.333. The van der Waals surface area contributed by atoms with Crippen LogP contribution in [0.2, 0.25) is 0 Å². The van der Waals surface area contributed by atoms with Gasteiger partial charge in [0, 0.05) is 0 Å². The summed E-state index contributed by atoms with van der Waals surface area (Å²) in [5.41, 5.74) is 0.590. The highest BCUT2D eigenvalue weighted by Gasteiger charge is 2.54. The third-order valence-corrected chi connectivity index (χ3v) is 4.14. The van der Waals surface area contributed by atoms with Crippen LogP contribution in [0.5, 0.6) is 0 Å². The Hall–Kier alpha value is -1.59. The molecule has 7 nitrogen and oxygen atoms in total. The number of carbonyl (C=O) groups is 2. The van der Waals surface area contributed by atoms with Gasteiger partial charge in [-0.2, -0.15) is 17.2 Å². The molecule has 0 spiro atoms. The average molecular weight is 417 g/mol. The molecule has 1 aromatic rings. The van der Waals surface area contributed by atoms with E-state index in [9.17, 15) is 26.8 Å². The largest absolute Gasteiger partial charge is 0.465 e. The molecule has 0 aliphatic carbocycles. The highest BCUT2D eigenvalue weighted by atomic mass is 79.9. The molecule has 0 bridgehead atoms. The average Bonchev–Trinajstić information content (AvgIpc) is 2.50. The van der Waals surface area contributed by atoms with Crippen LogP contribution in [0.1, 0.15) is 10.4 Å². The highest BCUT2D eigenvalue weighted by Crippen LogP contribution is 2.24. The van der Waals surface area contributed by atoms with Crippen LogP contribution in [0.15, 0.2) is 30.3 Å². The van der Waals surface area contributed by atoms with E-state index in [1.54, 1.807) is 30.3 Å². The van der Waals surface area contributed by atoms with Crippen LogP contribution in [-0.4, -0.2) is 43.4 Å². The standard InChI is InChI=1S/C12H11BrF2O7S/c13-9(8-4-2-1-3-5-8)10(16)21-6-7-22-11(17)12(14,15)23(18,19)20/h1-5,9H,6-7H2,(H,18,19,20). The molecule has 128 valence electrons. The number of esters is 2. The number of alkyl halides is 3. The number of rotatable bonds is 7. The third kappa shape index (κ3) is 5.22. The van der Waals surface area contributed by atoms with Crippen LogP contribution in [0, 0.1) is 0 Å². The van der Waals surface area contributed by atoms with Gasteiger partial charge in [-0.1, -0.05) is 46.3 Å². The minimum atomic E-state index is -5.93. The second-order valence-electron chi connectivity index (χ2n) is 4.07. The van der Waals surface area contributed by atoms with Crippen LogP contribution < -0.4 is 0 Å². The zero-order chi connectivity index (χ0) is 17.7. The van der Waals surface area contributed by atoms with Crippen molar-refractivity contribution in [1.82, 2.24) is 0 Å². The number of hydrogen-bond donors (Lipinski definition) is 1. The lowest BCUT2D eigenvalue weighted by Gasteiger charge is -2.13. The summed E-state index contributed by atoms with van der Waals surface area (Å²) in [6.45, 7) is -1.37. The SMILES string of the molecule is O=C(OCCOC(=O)C(F)(F)S(=O)(=O)O)C(Br)c1ccccc1. The van der Waals surface area contributed by atoms with Gasteiger partial charge in [0.25, 0.3) is 0 Å². The van der Waals surface area contributed by atoms with Gasteiger partial charge in [-0.3, -0.25) is 9.35 Å². The van der Waals surface area contributed by atoms with Crippen LogP contribution in [0.4, 0.5) is 8.78 Å². The van der Waals surface area contributed by atoms with Crippen molar-refractivity contribution in [3.63, 3.8) is 0 Å². The molecule has 1 rings (SSSR count). The summed E-state index contributed by atoms with van der Waals surface area (Å²) in [5.74, 6) is -3.22. The smallest absolute Gasteiger partial charge is 0.461 e. The Bertz CT molecular complexity index is 663. The first-order chi connectivity index (χ1) is 10.6. The Morgan fingerprint density at radius 1 is 1.17 bits per heavy atom. The van der Waals surface area contributed by atoms with Gasteiger partial charge < -0.3 is 9.47 Å². The van der Waals surface area contributed by atoms with E-state index in [0.717, 1.165) is 0 Å². The van der Waals surface area contributed by atoms with Gasteiger partial charge in [0.15, 0.2) is 0 Å². The molecule has 23 heavy (non-hydrogen) atoms. The number of hydrogen-bond acceptors (Lipinski definition) is 6. The lowest BCUT2D eigenvalue weighted by Crippen LogP contribution is -2.39. The minimum Gasteiger partial charge on any atom is -0.461 e. The predicted octanol–water partition coefficient (Wildman–Crippen LogP) is 1.69. The third-order valence-electron chi connectivity index (χ3n) is 2.42. The molecular weight excluding hydrogens is 406 g/mol. The first kappa shape index (κ1) is 19.5. The van der Waals surface area contributed by atoms with Crippen molar-refractivity contribution >= 4 is 38.0 Å². The normalized spacial score (nSPS) is 13.2. The van der Waals surface area contributed by atoms with E-state index >= 15 is 0 Å². The zero-order valence-corrected chi connectivity index (χ0v) is 13.7. The summed E-state index contributed by atoms with van der Waals surface area (Å²) in [4.78, 5) is 21.7. The van der Waals surface area contributed by atoms with Crippen molar-refractivity contribution in [2.45, 2.75) is 10.1 Å². The number of halogens is 3. The van der Waals surface area contributed by atoms with Gasteiger partial charge in [0.05, 0.1) is 0 Å². The summed E-state index contributed by atoms with van der Waals surface area (Å²) in [6.07, 6.45) is 0. The quantitative estimate of drug-likeness (QED) is 0.311. The van der Waals surface area contributed by atoms with Crippen LogP contribution in [0.25, 0.3) is 0 Å². The van der Waals surface area contributed by atoms with Crippen LogP contribution in [0.3, 0.4) is 0 Å². The molecule has 1 unspecified atom stereocenters. The molecule has 1 atom stereocenters. The summed E-state index contributed by atoms with van der Waals surface area (Å²) in [7, 11) is -5.93. The molecule has 0 amide bonds. The van der Waals surface area contributed by atoms with Crippen molar-refractivity contribution in [2.75, 3.05) is 13.2 Å². The molecule has 0 fully saturated rings. The van der Waals surface area contributed by atoms with Crippen molar-refractivity contribution in [3.8, 4) is 0 Å². The Kier molecular flexibility index (Phi) is 6.59. The lowest BCUT2D eigenvalue weighted by molar-refractivity contribution is -0.165. The second-order valence-corrected chi connectivity index (χ2v) is 6.45. The molecule has 1 N–H and O–H groups in total. The van der Waals surface area contributed by atoms with Crippen molar-refractivity contribution < 1.29 is 40.8 Å². The highest BCUT2D eigenvalue weighted by molar-refractivity contribution is 9.09. The molecule has 1 aromatic carbocycles. The van der Waals surface area contributed by atoms with E-state index in [1.165, 1.54) is 0 Å². The summed E-state index contributed by atoms with van der Waals surface area (Å²) >= 11 is 3.08. The van der Waals surface area contributed by atoms with Gasteiger partial charge in [0.1, 0.15) is 18.0 Å². The number of benzene rings is 1. The lowest BCUT2D eigenvalue weighted by atomic mass is 10.1. The molecule has 0 saturated carbocycles. The molecule has 0 heterocycles. The molecule has 11 heteroatoms.